The Hall–Kier alpha value is -1.43. The van der Waals surface area contributed by atoms with Crippen molar-refractivity contribution in [3.8, 4) is 0 Å². The maximum atomic E-state index is 12.6. The van der Waals surface area contributed by atoms with E-state index in [-0.39, 0.29) is 5.91 Å². The van der Waals surface area contributed by atoms with Crippen molar-refractivity contribution < 1.29 is 4.79 Å². The molecule has 2 heterocycles. The number of nitrogens with zero attached hydrogens (tertiary/aromatic N) is 3. The van der Waals surface area contributed by atoms with E-state index in [9.17, 15) is 4.79 Å². The van der Waals surface area contributed by atoms with Crippen LogP contribution in [0.2, 0.25) is 5.02 Å². The van der Waals surface area contributed by atoms with Gasteiger partial charge in [0.25, 0.3) is 5.91 Å². The molecule has 0 bridgehead atoms. The zero-order chi connectivity index (χ0) is 16.5. The van der Waals surface area contributed by atoms with Crippen LogP contribution in [0.15, 0.2) is 29.6 Å². The zero-order valence-corrected chi connectivity index (χ0v) is 15.0. The molecule has 2 fully saturated rings. The van der Waals surface area contributed by atoms with Crippen LogP contribution in [0, 0.1) is 0 Å². The summed E-state index contributed by atoms with van der Waals surface area (Å²) in [4.78, 5) is 21.6. The van der Waals surface area contributed by atoms with Crippen LogP contribution in [0.1, 0.15) is 39.8 Å². The Bertz CT molecular complexity index is 735. The van der Waals surface area contributed by atoms with Gasteiger partial charge < -0.3 is 4.90 Å². The van der Waals surface area contributed by atoms with E-state index < -0.39 is 0 Å². The molecule has 1 aliphatic heterocycles. The highest BCUT2D eigenvalue weighted by molar-refractivity contribution is 7.09. The largest absolute Gasteiger partial charge is 0.336 e. The molecule has 6 heteroatoms. The summed E-state index contributed by atoms with van der Waals surface area (Å²) in [6.07, 6.45) is 2.60. The standard InChI is InChI=1S/C18H20ClN3OS/c19-15-4-2-1-3-14(15)18(23)22-9-7-21(8-10-22)11-17-20-16(12-24-17)13-5-6-13/h1-4,12-13H,5-11H2. The molecular weight excluding hydrogens is 342 g/mol. The minimum atomic E-state index is 0.0329. The van der Waals surface area contributed by atoms with Crippen LogP contribution in [0.5, 0.6) is 0 Å². The van der Waals surface area contributed by atoms with Crippen LogP contribution >= 0.6 is 22.9 Å². The van der Waals surface area contributed by atoms with Crippen molar-refractivity contribution >= 4 is 28.8 Å². The number of hydrogen-bond donors (Lipinski definition) is 0. The lowest BCUT2D eigenvalue weighted by Crippen LogP contribution is -2.48. The minimum Gasteiger partial charge on any atom is -0.336 e. The van der Waals surface area contributed by atoms with E-state index in [4.69, 9.17) is 16.6 Å². The summed E-state index contributed by atoms with van der Waals surface area (Å²) in [6.45, 7) is 4.14. The number of carbonyl (C=O) groups excluding carboxylic acids is 1. The van der Waals surface area contributed by atoms with Crippen LogP contribution in [0.4, 0.5) is 0 Å². The highest BCUT2D eigenvalue weighted by Gasteiger charge is 2.27. The minimum absolute atomic E-state index is 0.0329. The van der Waals surface area contributed by atoms with E-state index in [1.54, 1.807) is 23.5 Å². The Kier molecular flexibility index (Phi) is 4.57. The maximum Gasteiger partial charge on any atom is 0.255 e. The monoisotopic (exact) mass is 361 g/mol. The molecule has 1 aromatic heterocycles. The molecule has 0 radical (unpaired) electrons. The van der Waals surface area contributed by atoms with Crippen molar-refractivity contribution in [2.24, 2.45) is 0 Å². The van der Waals surface area contributed by atoms with E-state index in [0.29, 0.717) is 10.6 Å². The molecule has 4 nitrogen and oxygen atoms in total. The summed E-state index contributed by atoms with van der Waals surface area (Å²) in [6, 6.07) is 7.27. The molecule has 1 saturated heterocycles. The van der Waals surface area contributed by atoms with Crippen LogP contribution in [-0.4, -0.2) is 46.9 Å². The maximum absolute atomic E-state index is 12.6. The van der Waals surface area contributed by atoms with Gasteiger partial charge in [-0.1, -0.05) is 23.7 Å². The summed E-state index contributed by atoms with van der Waals surface area (Å²) in [7, 11) is 0. The van der Waals surface area contributed by atoms with E-state index in [1.807, 2.05) is 17.0 Å². The molecule has 4 rings (SSSR count). The van der Waals surface area contributed by atoms with Crippen molar-refractivity contribution in [3.63, 3.8) is 0 Å². The lowest BCUT2D eigenvalue weighted by molar-refractivity contribution is 0.0628. The molecule has 1 amide bonds. The number of benzene rings is 1. The van der Waals surface area contributed by atoms with E-state index in [2.05, 4.69) is 10.3 Å². The fourth-order valence-corrected chi connectivity index (χ4v) is 4.20. The van der Waals surface area contributed by atoms with Crippen LogP contribution < -0.4 is 0 Å². The van der Waals surface area contributed by atoms with Gasteiger partial charge in [0.2, 0.25) is 0 Å². The fourth-order valence-electron chi connectivity index (χ4n) is 3.07. The predicted octanol–water partition coefficient (Wildman–Crippen LogP) is 3.63. The predicted molar refractivity (Wildman–Crippen MR) is 96.7 cm³/mol. The van der Waals surface area contributed by atoms with Gasteiger partial charge in [-0.2, -0.15) is 0 Å². The first-order valence-corrected chi connectivity index (χ1v) is 9.67. The normalized spacial score (nSPS) is 18.8. The average molecular weight is 362 g/mol. The number of rotatable bonds is 4. The smallest absolute Gasteiger partial charge is 0.255 e. The molecule has 2 aromatic rings. The van der Waals surface area contributed by atoms with Gasteiger partial charge in [-0.05, 0) is 25.0 Å². The SMILES string of the molecule is O=C(c1ccccc1Cl)N1CCN(Cc2nc(C3CC3)cs2)CC1. The van der Waals surface area contributed by atoms with E-state index in [0.717, 1.165) is 38.6 Å². The first-order chi connectivity index (χ1) is 11.7. The van der Waals surface area contributed by atoms with Crippen molar-refractivity contribution in [3.05, 3.63) is 50.9 Å². The summed E-state index contributed by atoms with van der Waals surface area (Å²) < 4.78 is 0. The topological polar surface area (TPSA) is 36.4 Å². The number of hydrogen-bond acceptors (Lipinski definition) is 4. The van der Waals surface area contributed by atoms with E-state index >= 15 is 0 Å². The summed E-state index contributed by atoms with van der Waals surface area (Å²) >= 11 is 7.91. The van der Waals surface area contributed by atoms with Gasteiger partial charge in [-0.15, -0.1) is 11.3 Å². The zero-order valence-electron chi connectivity index (χ0n) is 13.4. The number of amides is 1. The van der Waals surface area contributed by atoms with Gasteiger partial charge in [0, 0.05) is 37.5 Å². The molecule has 0 atom stereocenters. The third-order valence-electron chi connectivity index (χ3n) is 4.69. The number of halogens is 1. The third kappa shape index (κ3) is 3.48. The number of thiazole rings is 1. The van der Waals surface area contributed by atoms with Gasteiger partial charge in [0.15, 0.2) is 0 Å². The summed E-state index contributed by atoms with van der Waals surface area (Å²) in [5.74, 6) is 0.755. The molecule has 2 aliphatic rings. The molecular formula is C18H20ClN3OS. The van der Waals surface area contributed by atoms with Crippen molar-refractivity contribution in [1.29, 1.82) is 0 Å². The van der Waals surface area contributed by atoms with Gasteiger partial charge in [0.1, 0.15) is 5.01 Å². The first kappa shape index (κ1) is 16.1. The number of aromatic nitrogens is 1. The van der Waals surface area contributed by atoms with Crippen LogP contribution in [0.25, 0.3) is 0 Å². The van der Waals surface area contributed by atoms with Gasteiger partial charge in [-0.3, -0.25) is 9.69 Å². The van der Waals surface area contributed by atoms with Crippen molar-refractivity contribution in [1.82, 2.24) is 14.8 Å². The summed E-state index contributed by atoms with van der Waals surface area (Å²) in [5.41, 5.74) is 1.88. The highest BCUT2D eigenvalue weighted by Crippen LogP contribution is 2.40. The fraction of sp³-hybridized carbons (Fsp3) is 0.444. The number of piperazine rings is 1. The Morgan fingerprint density at radius 2 is 1.96 bits per heavy atom. The van der Waals surface area contributed by atoms with Crippen molar-refractivity contribution in [2.75, 3.05) is 26.2 Å². The van der Waals surface area contributed by atoms with Gasteiger partial charge in [0.05, 0.1) is 22.8 Å². The Morgan fingerprint density at radius 1 is 1.21 bits per heavy atom. The van der Waals surface area contributed by atoms with Crippen molar-refractivity contribution in [2.45, 2.75) is 25.3 Å². The van der Waals surface area contributed by atoms with Gasteiger partial charge in [-0.25, -0.2) is 4.98 Å². The summed E-state index contributed by atoms with van der Waals surface area (Å²) in [5, 5.41) is 3.94. The highest BCUT2D eigenvalue weighted by atomic mass is 35.5. The Labute approximate surface area is 151 Å². The average Bonchev–Trinajstić information content (AvgIpc) is 3.35. The number of carbonyl (C=O) groups is 1. The third-order valence-corrected chi connectivity index (χ3v) is 5.87. The lowest BCUT2D eigenvalue weighted by atomic mass is 10.2. The lowest BCUT2D eigenvalue weighted by Gasteiger charge is -2.34. The second kappa shape index (κ2) is 6.82. The quantitative estimate of drug-likeness (QED) is 0.834. The molecule has 1 aliphatic carbocycles. The molecule has 126 valence electrons. The first-order valence-electron chi connectivity index (χ1n) is 8.41. The van der Waals surface area contributed by atoms with Gasteiger partial charge >= 0.3 is 0 Å². The molecule has 1 aromatic carbocycles. The van der Waals surface area contributed by atoms with Crippen LogP contribution in [-0.2, 0) is 6.54 Å². The second-order valence-corrected chi connectivity index (χ2v) is 7.84. The molecule has 0 spiro atoms. The van der Waals surface area contributed by atoms with Crippen LogP contribution in [0.3, 0.4) is 0 Å². The Morgan fingerprint density at radius 3 is 2.67 bits per heavy atom. The van der Waals surface area contributed by atoms with E-state index in [1.165, 1.54) is 23.5 Å². The molecule has 0 unspecified atom stereocenters. The molecule has 0 N–H and O–H groups in total. The molecule has 24 heavy (non-hydrogen) atoms. The Balaban J connectivity index is 1.32. The molecule has 1 saturated carbocycles. The second-order valence-electron chi connectivity index (χ2n) is 6.49.